The number of hydrogen-bond acceptors (Lipinski definition) is 6. The lowest BCUT2D eigenvalue weighted by Crippen LogP contribution is -2.23. The maximum atomic E-state index is 13.0. The minimum Gasteiger partial charge on any atom is -0.462 e. The number of amides is 2. The maximum absolute atomic E-state index is 13.0. The van der Waals surface area contributed by atoms with Crippen molar-refractivity contribution in [2.75, 3.05) is 17.2 Å². The normalized spacial score (nSPS) is 16.3. The quantitative estimate of drug-likeness (QED) is 0.286. The molecule has 1 atom stereocenters. The van der Waals surface area contributed by atoms with Crippen molar-refractivity contribution in [3.05, 3.63) is 40.3 Å². The molecule has 2 aromatic rings. The first-order valence-electron chi connectivity index (χ1n) is 11.7. The second-order valence-electron chi connectivity index (χ2n) is 8.53. The predicted molar refractivity (Wildman–Crippen MR) is 133 cm³/mol. The Morgan fingerprint density at radius 1 is 1.15 bits per heavy atom. The van der Waals surface area contributed by atoms with Gasteiger partial charge in [0, 0.05) is 21.4 Å². The summed E-state index contributed by atoms with van der Waals surface area (Å²) in [5, 5.41) is 6.18. The van der Waals surface area contributed by atoms with Crippen molar-refractivity contribution in [2.45, 2.75) is 68.9 Å². The highest BCUT2D eigenvalue weighted by atomic mass is 32.2. The number of aryl methyl sites for hydroxylation is 1. The molecule has 0 bridgehead atoms. The molecule has 176 valence electrons. The van der Waals surface area contributed by atoms with E-state index in [1.54, 1.807) is 6.92 Å². The Bertz CT molecular complexity index is 1050. The summed E-state index contributed by atoms with van der Waals surface area (Å²) in [7, 11) is 0. The lowest BCUT2D eigenvalue weighted by Gasteiger charge is -2.13. The van der Waals surface area contributed by atoms with E-state index in [-0.39, 0.29) is 29.0 Å². The van der Waals surface area contributed by atoms with Crippen molar-refractivity contribution >= 4 is 51.6 Å². The molecular weight excluding hydrogens is 456 g/mol. The van der Waals surface area contributed by atoms with E-state index in [0.717, 1.165) is 61.1 Å². The minimum absolute atomic E-state index is 0.0619. The molecule has 1 aromatic carbocycles. The van der Waals surface area contributed by atoms with Crippen LogP contribution in [0.15, 0.2) is 29.2 Å². The Labute approximate surface area is 202 Å². The van der Waals surface area contributed by atoms with Crippen LogP contribution in [0, 0.1) is 5.92 Å². The van der Waals surface area contributed by atoms with E-state index < -0.39 is 0 Å². The van der Waals surface area contributed by atoms with Crippen LogP contribution in [0.4, 0.5) is 10.7 Å². The number of carbonyl (C=O) groups is 3. The first-order valence-corrected chi connectivity index (χ1v) is 13.4. The van der Waals surface area contributed by atoms with Gasteiger partial charge in [-0.05, 0) is 76.1 Å². The zero-order valence-electron chi connectivity index (χ0n) is 19.1. The number of benzene rings is 1. The van der Waals surface area contributed by atoms with Crippen LogP contribution in [0.2, 0.25) is 0 Å². The van der Waals surface area contributed by atoms with Gasteiger partial charge in [-0.3, -0.25) is 9.59 Å². The van der Waals surface area contributed by atoms with Gasteiger partial charge in [-0.2, -0.15) is 0 Å². The Morgan fingerprint density at radius 2 is 1.94 bits per heavy atom. The molecule has 8 heteroatoms. The van der Waals surface area contributed by atoms with E-state index in [1.807, 2.05) is 31.2 Å². The zero-order chi connectivity index (χ0) is 23.4. The van der Waals surface area contributed by atoms with Crippen molar-refractivity contribution in [3.63, 3.8) is 0 Å². The third-order valence-corrected chi connectivity index (χ3v) is 8.17. The molecule has 0 aliphatic heterocycles. The number of esters is 1. The molecule has 1 fully saturated rings. The molecule has 0 spiro atoms. The molecule has 6 nitrogen and oxygen atoms in total. The fourth-order valence-corrected chi connectivity index (χ4v) is 6.16. The van der Waals surface area contributed by atoms with E-state index in [1.165, 1.54) is 28.0 Å². The Hall–Kier alpha value is -2.32. The number of thioether (sulfide) groups is 1. The lowest BCUT2D eigenvalue weighted by molar-refractivity contribution is -0.117. The number of fused-ring (bicyclic) bond motifs is 1. The average Bonchev–Trinajstić information content (AvgIpc) is 3.60. The van der Waals surface area contributed by atoms with E-state index >= 15 is 0 Å². The van der Waals surface area contributed by atoms with Gasteiger partial charge >= 0.3 is 5.97 Å². The number of anilines is 2. The molecule has 33 heavy (non-hydrogen) atoms. The molecule has 1 saturated carbocycles. The van der Waals surface area contributed by atoms with Crippen LogP contribution in [0.5, 0.6) is 0 Å². The van der Waals surface area contributed by atoms with E-state index in [0.29, 0.717) is 17.2 Å². The highest BCUT2D eigenvalue weighted by Crippen LogP contribution is 2.38. The van der Waals surface area contributed by atoms with Gasteiger partial charge in [0.2, 0.25) is 11.8 Å². The molecule has 2 amide bonds. The van der Waals surface area contributed by atoms with Gasteiger partial charge in [0.25, 0.3) is 0 Å². The molecule has 1 aromatic heterocycles. The van der Waals surface area contributed by atoms with Crippen LogP contribution in [0.1, 0.15) is 66.8 Å². The first kappa shape index (κ1) is 23.8. The highest BCUT2D eigenvalue weighted by Gasteiger charge is 2.30. The summed E-state index contributed by atoms with van der Waals surface area (Å²) in [6.45, 7) is 3.94. The van der Waals surface area contributed by atoms with Crippen LogP contribution < -0.4 is 10.6 Å². The van der Waals surface area contributed by atoms with Gasteiger partial charge in [-0.1, -0.05) is 12.5 Å². The smallest absolute Gasteiger partial charge is 0.341 e. The number of rotatable bonds is 8. The SMILES string of the molecule is CCOC(=O)c1c(NC(=O)C(C)Sc2cccc(NC(=O)C3CC3)c2)sc2c1CCCCC2. The lowest BCUT2D eigenvalue weighted by atomic mass is 10.1. The summed E-state index contributed by atoms with van der Waals surface area (Å²) in [5.74, 6) is -0.312. The molecule has 0 radical (unpaired) electrons. The average molecular weight is 487 g/mol. The zero-order valence-corrected chi connectivity index (χ0v) is 20.7. The predicted octanol–water partition coefficient (Wildman–Crippen LogP) is 5.66. The monoisotopic (exact) mass is 486 g/mol. The van der Waals surface area contributed by atoms with Gasteiger partial charge in [0.1, 0.15) is 5.00 Å². The summed E-state index contributed by atoms with van der Waals surface area (Å²) >= 11 is 2.93. The molecule has 1 unspecified atom stereocenters. The summed E-state index contributed by atoms with van der Waals surface area (Å²) in [6.07, 6.45) is 6.99. The molecule has 0 saturated heterocycles. The van der Waals surface area contributed by atoms with Crippen LogP contribution in [0.3, 0.4) is 0 Å². The van der Waals surface area contributed by atoms with Crippen molar-refractivity contribution in [1.82, 2.24) is 0 Å². The molecule has 2 N–H and O–H groups in total. The first-order chi connectivity index (χ1) is 16.0. The number of carbonyl (C=O) groups excluding carboxylic acids is 3. The Kier molecular flexibility index (Phi) is 7.75. The van der Waals surface area contributed by atoms with Gasteiger partial charge < -0.3 is 15.4 Å². The van der Waals surface area contributed by atoms with Gasteiger partial charge in [0.05, 0.1) is 17.4 Å². The summed E-state index contributed by atoms with van der Waals surface area (Å²) in [5.41, 5.74) is 2.33. The van der Waals surface area contributed by atoms with Crippen LogP contribution in [-0.4, -0.2) is 29.6 Å². The molecule has 4 rings (SSSR count). The number of nitrogens with one attached hydrogen (secondary N) is 2. The van der Waals surface area contributed by atoms with Crippen LogP contribution in [0.25, 0.3) is 0 Å². The summed E-state index contributed by atoms with van der Waals surface area (Å²) in [6, 6.07) is 7.56. The van der Waals surface area contributed by atoms with Crippen LogP contribution in [-0.2, 0) is 27.2 Å². The van der Waals surface area contributed by atoms with E-state index in [4.69, 9.17) is 4.74 Å². The largest absolute Gasteiger partial charge is 0.462 e. The fourth-order valence-electron chi connectivity index (χ4n) is 3.96. The number of hydrogen-bond donors (Lipinski definition) is 2. The fraction of sp³-hybridized carbons (Fsp3) is 0.480. The van der Waals surface area contributed by atoms with Crippen molar-refractivity contribution < 1.29 is 19.1 Å². The second kappa shape index (κ2) is 10.7. The molecular formula is C25H30N2O4S2. The number of ether oxygens (including phenoxy) is 1. The molecule has 2 aliphatic carbocycles. The van der Waals surface area contributed by atoms with Gasteiger partial charge in [0.15, 0.2) is 0 Å². The van der Waals surface area contributed by atoms with E-state index in [9.17, 15) is 14.4 Å². The van der Waals surface area contributed by atoms with Crippen molar-refractivity contribution in [2.24, 2.45) is 5.92 Å². The Balaban J connectivity index is 1.45. The maximum Gasteiger partial charge on any atom is 0.341 e. The van der Waals surface area contributed by atoms with Gasteiger partial charge in [-0.25, -0.2) is 4.79 Å². The summed E-state index contributed by atoms with van der Waals surface area (Å²) < 4.78 is 5.31. The third kappa shape index (κ3) is 5.98. The standard InChI is InChI=1S/C25H30N2O4S2/c1-3-31-25(30)21-19-10-5-4-6-11-20(19)33-24(21)27-22(28)15(2)32-18-9-7-8-17(14-18)26-23(29)16-12-13-16/h7-9,14-16H,3-6,10-13H2,1-2H3,(H,26,29)(H,27,28). The van der Waals surface area contributed by atoms with E-state index in [2.05, 4.69) is 10.6 Å². The third-order valence-electron chi connectivity index (χ3n) is 5.87. The highest BCUT2D eigenvalue weighted by molar-refractivity contribution is 8.00. The molecule has 1 heterocycles. The van der Waals surface area contributed by atoms with Crippen molar-refractivity contribution in [3.8, 4) is 0 Å². The van der Waals surface area contributed by atoms with Crippen LogP contribution >= 0.6 is 23.1 Å². The second-order valence-corrected chi connectivity index (χ2v) is 11.0. The van der Waals surface area contributed by atoms with Gasteiger partial charge in [-0.15, -0.1) is 23.1 Å². The topological polar surface area (TPSA) is 84.5 Å². The minimum atomic E-state index is -0.378. The van der Waals surface area contributed by atoms with Crippen molar-refractivity contribution in [1.29, 1.82) is 0 Å². The summed E-state index contributed by atoms with van der Waals surface area (Å²) in [4.78, 5) is 39.9. The Morgan fingerprint density at radius 3 is 2.70 bits per heavy atom. The molecule has 2 aliphatic rings. The number of thiophene rings is 1.